The third kappa shape index (κ3) is 3.68. The Morgan fingerprint density at radius 2 is 1.59 bits per heavy atom. The van der Waals surface area contributed by atoms with E-state index in [9.17, 15) is 14.7 Å². The predicted molar refractivity (Wildman–Crippen MR) is 104 cm³/mol. The van der Waals surface area contributed by atoms with Crippen LogP contribution >= 0.6 is 0 Å². The normalized spacial score (nSPS) is 15.7. The van der Waals surface area contributed by atoms with E-state index >= 15 is 0 Å². The number of urea groups is 1. The third-order valence-corrected chi connectivity index (χ3v) is 5.60. The number of carboxylic acid groups (broad SMARTS) is 1. The second-order valence-corrected chi connectivity index (χ2v) is 7.41. The summed E-state index contributed by atoms with van der Waals surface area (Å²) in [5.74, 6) is -1.03. The Balaban J connectivity index is 1.52. The van der Waals surface area contributed by atoms with Crippen molar-refractivity contribution in [3.63, 3.8) is 0 Å². The first-order valence-corrected chi connectivity index (χ1v) is 9.62. The average molecular weight is 364 g/mol. The van der Waals surface area contributed by atoms with Crippen molar-refractivity contribution in [2.24, 2.45) is 0 Å². The molecule has 0 saturated carbocycles. The van der Waals surface area contributed by atoms with Gasteiger partial charge in [0.2, 0.25) is 0 Å². The smallest absolute Gasteiger partial charge is 0.326 e. The maximum Gasteiger partial charge on any atom is 0.326 e. The number of amides is 2. The van der Waals surface area contributed by atoms with Gasteiger partial charge in [0.15, 0.2) is 0 Å². The van der Waals surface area contributed by atoms with Gasteiger partial charge in [-0.15, -0.1) is 0 Å². The fourth-order valence-electron chi connectivity index (χ4n) is 4.32. The summed E-state index contributed by atoms with van der Waals surface area (Å²) < 4.78 is 0. The van der Waals surface area contributed by atoms with Crippen LogP contribution in [0.5, 0.6) is 0 Å². The van der Waals surface area contributed by atoms with Crippen LogP contribution < -0.4 is 10.6 Å². The summed E-state index contributed by atoms with van der Waals surface area (Å²) in [6.45, 7) is 0. The molecule has 0 spiro atoms. The van der Waals surface area contributed by atoms with Crippen LogP contribution in [0.15, 0.2) is 36.4 Å². The van der Waals surface area contributed by atoms with Gasteiger partial charge in [0.25, 0.3) is 0 Å². The molecule has 3 N–H and O–H groups in total. The highest BCUT2D eigenvalue weighted by molar-refractivity contribution is 5.94. The predicted octanol–water partition coefficient (Wildman–Crippen LogP) is 3.48. The first kappa shape index (κ1) is 17.6. The van der Waals surface area contributed by atoms with E-state index in [4.69, 9.17) is 0 Å². The van der Waals surface area contributed by atoms with Gasteiger partial charge in [0.05, 0.1) is 0 Å². The number of fused-ring (bicyclic) bond motifs is 2. The van der Waals surface area contributed by atoms with Crippen LogP contribution in [0.1, 0.15) is 40.7 Å². The van der Waals surface area contributed by atoms with E-state index in [1.165, 1.54) is 22.3 Å². The van der Waals surface area contributed by atoms with Crippen LogP contribution in [0.2, 0.25) is 0 Å². The molecule has 0 heterocycles. The molecule has 140 valence electrons. The molecule has 2 aliphatic rings. The zero-order chi connectivity index (χ0) is 18.8. The molecule has 4 rings (SSSR count). The van der Waals surface area contributed by atoms with E-state index in [1.807, 2.05) is 30.3 Å². The number of rotatable bonds is 5. The van der Waals surface area contributed by atoms with Gasteiger partial charge in [-0.2, -0.15) is 0 Å². The first-order valence-electron chi connectivity index (χ1n) is 9.62. The van der Waals surface area contributed by atoms with Crippen molar-refractivity contribution in [1.82, 2.24) is 5.32 Å². The average Bonchev–Trinajstić information content (AvgIpc) is 3.31. The number of nitrogens with one attached hydrogen (secondary N) is 2. The van der Waals surface area contributed by atoms with E-state index in [0.717, 1.165) is 49.8 Å². The second kappa shape index (κ2) is 7.43. The van der Waals surface area contributed by atoms with Crippen LogP contribution in [0.25, 0.3) is 0 Å². The Morgan fingerprint density at radius 1 is 0.963 bits per heavy atom. The van der Waals surface area contributed by atoms with E-state index < -0.39 is 18.0 Å². The van der Waals surface area contributed by atoms with Gasteiger partial charge < -0.3 is 15.7 Å². The Kier molecular flexibility index (Phi) is 4.84. The van der Waals surface area contributed by atoms with Gasteiger partial charge in [-0.05, 0) is 66.3 Å². The van der Waals surface area contributed by atoms with Crippen LogP contribution in [-0.4, -0.2) is 23.1 Å². The van der Waals surface area contributed by atoms with Crippen molar-refractivity contribution in [2.45, 2.75) is 51.0 Å². The second-order valence-electron chi connectivity index (χ2n) is 7.41. The lowest BCUT2D eigenvalue weighted by Crippen LogP contribution is -2.44. The molecule has 0 radical (unpaired) electrons. The number of aryl methyl sites for hydroxylation is 2. The minimum absolute atomic E-state index is 0.259. The summed E-state index contributed by atoms with van der Waals surface area (Å²) in [7, 11) is 0. The van der Waals surface area contributed by atoms with Gasteiger partial charge in [-0.3, -0.25) is 0 Å². The maximum absolute atomic E-state index is 12.6. The molecule has 0 aromatic heterocycles. The van der Waals surface area contributed by atoms with Crippen molar-refractivity contribution >= 4 is 17.7 Å². The number of aliphatic carboxylic acids is 1. The highest BCUT2D eigenvalue weighted by atomic mass is 16.4. The molecule has 0 aliphatic heterocycles. The highest BCUT2D eigenvalue weighted by Crippen LogP contribution is 2.38. The van der Waals surface area contributed by atoms with Crippen LogP contribution in [-0.2, 0) is 36.9 Å². The minimum atomic E-state index is -1.03. The minimum Gasteiger partial charge on any atom is -0.480 e. The molecule has 0 bridgehead atoms. The van der Waals surface area contributed by atoms with Crippen molar-refractivity contribution in [3.8, 4) is 0 Å². The fourth-order valence-corrected chi connectivity index (χ4v) is 4.32. The zero-order valence-electron chi connectivity index (χ0n) is 15.3. The van der Waals surface area contributed by atoms with Gasteiger partial charge in [0, 0.05) is 12.1 Å². The lowest BCUT2D eigenvalue weighted by molar-refractivity contribution is -0.139. The van der Waals surface area contributed by atoms with Gasteiger partial charge in [0.1, 0.15) is 6.04 Å². The molecule has 5 nitrogen and oxygen atoms in total. The number of carboxylic acids is 1. The van der Waals surface area contributed by atoms with Gasteiger partial charge in [-0.25, -0.2) is 9.59 Å². The Morgan fingerprint density at radius 3 is 2.19 bits per heavy atom. The lowest BCUT2D eigenvalue weighted by Gasteiger charge is -2.19. The molecule has 2 aliphatic carbocycles. The molecule has 2 aromatic carbocycles. The standard InChI is InChI=1S/C22H24N2O3/c25-21(26)19(12-14-6-2-1-3-7-14)23-22(27)24-20-17-10-4-8-15(17)13-16-9-5-11-18(16)20/h1-3,6-7,13,19H,4-5,8-12H2,(H,25,26)(H2,23,24,27)/t19-/m0/s1. The molecule has 1 atom stereocenters. The topological polar surface area (TPSA) is 78.4 Å². The molecular formula is C22H24N2O3. The van der Waals surface area contributed by atoms with Crippen LogP contribution in [0.4, 0.5) is 10.5 Å². The molecule has 0 fully saturated rings. The Hall–Kier alpha value is -2.82. The summed E-state index contributed by atoms with van der Waals surface area (Å²) in [5, 5.41) is 15.2. The molecule has 0 unspecified atom stereocenters. The number of carbonyl (C=O) groups excluding carboxylic acids is 1. The van der Waals surface area contributed by atoms with E-state index in [-0.39, 0.29) is 6.42 Å². The van der Waals surface area contributed by atoms with E-state index in [2.05, 4.69) is 16.7 Å². The highest BCUT2D eigenvalue weighted by Gasteiger charge is 2.26. The molecule has 2 aromatic rings. The fraction of sp³-hybridized carbons (Fsp3) is 0.364. The number of benzene rings is 2. The quantitative estimate of drug-likeness (QED) is 0.760. The van der Waals surface area contributed by atoms with Crippen LogP contribution in [0, 0.1) is 0 Å². The molecule has 5 heteroatoms. The third-order valence-electron chi connectivity index (χ3n) is 5.60. The van der Waals surface area contributed by atoms with Crippen molar-refractivity contribution in [1.29, 1.82) is 0 Å². The summed E-state index contributed by atoms with van der Waals surface area (Å²) in [5.41, 5.74) is 6.96. The van der Waals surface area contributed by atoms with Crippen LogP contribution in [0.3, 0.4) is 0 Å². The molecule has 2 amide bonds. The summed E-state index contributed by atoms with van der Waals surface area (Å²) in [4.78, 5) is 24.3. The summed E-state index contributed by atoms with van der Waals surface area (Å²) >= 11 is 0. The maximum atomic E-state index is 12.6. The first-order chi connectivity index (χ1) is 13.1. The van der Waals surface area contributed by atoms with Crippen molar-refractivity contribution in [2.75, 3.05) is 5.32 Å². The van der Waals surface area contributed by atoms with Gasteiger partial charge in [-0.1, -0.05) is 36.4 Å². The number of anilines is 1. The van der Waals surface area contributed by atoms with E-state index in [0.29, 0.717) is 0 Å². The van der Waals surface area contributed by atoms with Crippen molar-refractivity contribution in [3.05, 3.63) is 64.2 Å². The number of hydrogen-bond acceptors (Lipinski definition) is 2. The number of carbonyl (C=O) groups is 2. The van der Waals surface area contributed by atoms with Crippen molar-refractivity contribution < 1.29 is 14.7 Å². The van der Waals surface area contributed by atoms with Gasteiger partial charge >= 0.3 is 12.0 Å². The lowest BCUT2D eigenvalue weighted by atomic mass is 9.99. The SMILES string of the molecule is O=C(Nc1c2c(cc3c1CCC3)CCC2)N[C@@H](Cc1ccccc1)C(=O)O. The molecular weight excluding hydrogens is 340 g/mol. The zero-order valence-corrected chi connectivity index (χ0v) is 15.3. The molecule has 0 saturated heterocycles. The summed E-state index contributed by atoms with van der Waals surface area (Å²) in [6.07, 6.45) is 6.56. The largest absolute Gasteiger partial charge is 0.480 e. The van der Waals surface area contributed by atoms with E-state index in [1.54, 1.807) is 0 Å². The summed E-state index contributed by atoms with van der Waals surface area (Å²) in [6, 6.07) is 10.3. The number of hydrogen-bond donors (Lipinski definition) is 3. The Bertz CT molecular complexity index is 845. The monoisotopic (exact) mass is 364 g/mol. The molecule has 27 heavy (non-hydrogen) atoms. The Labute approximate surface area is 158 Å².